The van der Waals surface area contributed by atoms with Gasteiger partial charge in [-0.25, -0.2) is 14.6 Å². The van der Waals surface area contributed by atoms with E-state index in [4.69, 9.17) is 10.5 Å². The van der Waals surface area contributed by atoms with Gasteiger partial charge in [0.25, 0.3) is 0 Å². The quantitative estimate of drug-likeness (QED) is 0.784. The summed E-state index contributed by atoms with van der Waals surface area (Å²) in [6.07, 6.45) is 5.03. The van der Waals surface area contributed by atoms with Gasteiger partial charge in [-0.15, -0.1) is 0 Å². The van der Waals surface area contributed by atoms with Crippen LogP contribution in [0.2, 0.25) is 0 Å². The SMILES string of the molecule is COc1c(N)ncnc1-n1cc(-c2ccccc2)cn1. The van der Waals surface area contributed by atoms with Crippen molar-refractivity contribution >= 4 is 5.82 Å². The van der Waals surface area contributed by atoms with E-state index in [1.807, 2.05) is 36.5 Å². The molecule has 0 saturated carbocycles. The lowest BCUT2D eigenvalue weighted by Crippen LogP contribution is -2.05. The molecule has 0 aliphatic rings. The van der Waals surface area contributed by atoms with Gasteiger partial charge in [-0.05, 0) is 5.56 Å². The number of nitrogens with zero attached hydrogens (tertiary/aromatic N) is 4. The van der Waals surface area contributed by atoms with Gasteiger partial charge in [-0.2, -0.15) is 5.10 Å². The summed E-state index contributed by atoms with van der Waals surface area (Å²) in [5, 5.41) is 4.30. The van der Waals surface area contributed by atoms with Gasteiger partial charge in [-0.1, -0.05) is 30.3 Å². The molecule has 0 unspecified atom stereocenters. The average molecular weight is 267 g/mol. The molecule has 0 fully saturated rings. The third-order valence-corrected chi connectivity index (χ3v) is 2.92. The van der Waals surface area contributed by atoms with Crippen LogP contribution in [0.4, 0.5) is 5.82 Å². The topological polar surface area (TPSA) is 78.9 Å². The molecule has 0 saturated heterocycles. The molecule has 3 rings (SSSR count). The van der Waals surface area contributed by atoms with Gasteiger partial charge in [0.15, 0.2) is 5.82 Å². The summed E-state index contributed by atoms with van der Waals surface area (Å²) in [4.78, 5) is 8.07. The summed E-state index contributed by atoms with van der Waals surface area (Å²) in [6.45, 7) is 0. The van der Waals surface area contributed by atoms with Crippen molar-refractivity contribution < 1.29 is 4.74 Å². The first-order valence-electron chi connectivity index (χ1n) is 6.04. The van der Waals surface area contributed by atoms with Gasteiger partial charge >= 0.3 is 0 Å². The van der Waals surface area contributed by atoms with E-state index in [9.17, 15) is 0 Å². The van der Waals surface area contributed by atoms with Crippen molar-refractivity contribution in [2.24, 2.45) is 0 Å². The van der Waals surface area contributed by atoms with E-state index in [0.29, 0.717) is 11.6 Å². The van der Waals surface area contributed by atoms with Gasteiger partial charge in [0, 0.05) is 11.8 Å². The Kier molecular flexibility index (Phi) is 3.04. The number of benzene rings is 1. The van der Waals surface area contributed by atoms with Crippen molar-refractivity contribution in [3.05, 3.63) is 49.1 Å². The van der Waals surface area contributed by atoms with Crippen LogP contribution in [0.1, 0.15) is 0 Å². The predicted octanol–water partition coefficient (Wildman–Crippen LogP) is 1.92. The molecule has 100 valence electrons. The lowest BCUT2D eigenvalue weighted by atomic mass is 10.1. The summed E-state index contributed by atoms with van der Waals surface area (Å²) < 4.78 is 6.86. The van der Waals surface area contributed by atoms with Crippen LogP contribution < -0.4 is 10.5 Å². The van der Waals surface area contributed by atoms with Gasteiger partial charge in [0.05, 0.1) is 13.3 Å². The second-order valence-corrected chi connectivity index (χ2v) is 4.16. The smallest absolute Gasteiger partial charge is 0.206 e. The molecule has 1 aromatic carbocycles. The van der Waals surface area contributed by atoms with E-state index < -0.39 is 0 Å². The molecule has 2 N–H and O–H groups in total. The van der Waals surface area contributed by atoms with Crippen LogP contribution in [0.3, 0.4) is 0 Å². The van der Waals surface area contributed by atoms with E-state index >= 15 is 0 Å². The van der Waals surface area contributed by atoms with E-state index in [1.165, 1.54) is 13.4 Å². The third-order valence-electron chi connectivity index (χ3n) is 2.92. The molecule has 2 heterocycles. The molecule has 2 aromatic heterocycles. The van der Waals surface area contributed by atoms with Gasteiger partial charge in [-0.3, -0.25) is 0 Å². The number of ether oxygens (including phenoxy) is 1. The highest BCUT2D eigenvalue weighted by Gasteiger charge is 2.13. The van der Waals surface area contributed by atoms with Crippen molar-refractivity contribution in [1.29, 1.82) is 0 Å². The monoisotopic (exact) mass is 267 g/mol. The van der Waals surface area contributed by atoms with Crippen LogP contribution in [0.15, 0.2) is 49.1 Å². The van der Waals surface area contributed by atoms with E-state index in [0.717, 1.165) is 11.1 Å². The van der Waals surface area contributed by atoms with Crippen LogP contribution in [-0.4, -0.2) is 26.9 Å². The third kappa shape index (κ3) is 2.07. The van der Waals surface area contributed by atoms with Crippen LogP contribution in [0.5, 0.6) is 5.75 Å². The van der Waals surface area contributed by atoms with E-state index in [2.05, 4.69) is 15.1 Å². The zero-order valence-electron chi connectivity index (χ0n) is 10.9. The van der Waals surface area contributed by atoms with Crippen molar-refractivity contribution in [2.75, 3.05) is 12.8 Å². The first-order valence-corrected chi connectivity index (χ1v) is 6.04. The molecular weight excluding hydrogens is 254 g/mol. The second-order valence-electron chi connectivity index (χ2n) is 4.16. The number of aromatic nitrogens is 4. The maximum atomic E-state index is 5.77. The minimum Gasteiger partial charge on any atom is -0.490 e. The highest BCUT2D eigenvalue weighted by molar-refractivity contribution is 5.63. The van der Waals surface area contributed by atoms with Crippen molar-refractivity contribution in [2.45, 2.75) is 0 Å². The van der Waals surface area contributed by atoms with E-state index in [1.54, 1.807) is 10.9 Å². The predicted molar refractivity (Wildman–Crippen MR) is 75.6 cm³/mol. The van der Waals surface area contributed by atoms with E-state index in [-0.39, 0.29) is 5.82 Å². The number of hydrogen-bond acceptors (Lipinski definition) is 5. The largest absolute Gasteiger partial charge is 0.490 e. The molecule has 6 heteroatoms. The summed E-state index contributed by atoms with van der Waals surface area (Å²) in [5.41, 5.74) is 7.84. The van der Waals surface area contributed by atoms with Gasteiger partial charge < -0.3 is 10.5 Å². The second kappa shape index (κ2) is 5.00. The molecule has 0 atom stereocenters. The first kappa shape index (κ1) is 12.2. The summed E-state index contributed by atoms with van der Waals surface area (Å²) >= 11 is 0. The standard InChI is InChI=1S/C14H13N5O/c1-20-12-13(15)16-9-17-14(12)19-8-11(7-18-19)10-5-3-2-4-6-10/h2-9H,1H3,(H2,15,16,17). The van der Waals surface area contributed by atoms with Crippen LogP contribution in [-0.2, 0) is 0 Å². The average Bonchev–Trinajstić information content (AvgIpc) is 2.97. The Bertz CT molecular complexity index is 723. The lowest BCUT2D eigenvalue weighted by molar-refractivity contribution is 0.409. The van der Waals surface area contributed by atoms with Crippen LogP contribution in [0, 0.1) is 0 Å². The molecular formula is C14H13N5O. The van der Waals surface area contributed by atoms with Crippen LogP contribution >= 0.6 is 0 Å². The normalized spacial score (nSPS) is 10.4. The molecule has 0 aliphatic heterocycles. The number of methoxy groups -OCH3 is 1. The molecule has 6 nitrogen and oxygen atoms in total. The molecule has 0 spiro atoms. The van der Waals surface area contributed by atoms with Crippen LogP contribution in [0.25, 0.3) is 16.9 Å². The number of anilines is 1. The Morgan fingerprint density at radius 2 is 1.90 bits per heavy atom. The summed E-state index contributed by atoms with van der Waals surface area (Å²) in [5.74, 6) is 1.21. The maximum absolute atomic E-state index is 5.77. The first-order chi connectivity index (χ1) is 9.79. The van der Waals surface area contributed by atoms with Crippen molar-refractivity contribution in [3.8, 4) is 22.7 Å². The minimum atomic E-state index is 0.286. The van der Waals surface area contributed by atoms with Crippen molar-refractivity contribution in [3.63, 3.8) is 0 Å². The Hall–Kier alpha value is -2.89. The molecule has 0 bridgehead atoms. The fourth-order valence-corrected chi connectivity index (χ4v) is 1.95. The summed E-state index contributed by atoms with van der Waals surface area (Å²) in [7, 11) is 1.53. The summed E-state index contributed by atoms with van der Waals surface area (Å²) in [6, 6.07) is 9.98. The molecule has 0 radical (unpaired) electrons. The molecule has 0 aliphatic carbocycles. The van der Waals surface area contributed by atoms with Gasteiger partial charge in [0.1, 0.15) is 6.33 Å². The highest BCUT2D eigenvalue weighted by atomic mass is 16.5. The Morgan fingerprint density at radius 3 is 2.65 bits per heavy atom. The number of rotatable bonds is 3. The number of nitrogens with two attached hydrogens (primary N) is 1. The molecule has 3 aromatic rings. The van der Waals surface area contributed by atoms with Crippen molar-refractivity contribution in [1.82, 2.24) is 19.7 Å². The number of nitrogen functional groups attached to an aromatic ring is 1. The zero-order valence-corrected chi connectivity index (χ0v) is 10.9. The lowest BCUT2D eigenvalue weighted by Gasteiger charge is -2.08. The maximum Gasteiger partial charge on any atom is 0.206 e. The Balaban J connectivity index is 2.05. The fourth-order valence-electron chi connectivity index (χ4n) is 1.95. The molecule has 20 heavy (non-hydrogen) atoms. The molecule has 0 amide bonds. The zero-order chi connectivity index (χ0) is 13.9. The number of hydrogen-bond donors (Lipinski definition) is 1. The minimum absolute atomic E-state index is 0.286. The fraction of sp³-hybridized carbons (Fsp3) is 0.0714. The Labute approximate surface area is 115 Å². The Morgan fingerprint density at radius 1 is 1.10 bits per heavy atom. The highest BCUT2D eigenvalue weighted by Crippen LogP contribution is 2.26. The van der Waals surface area contributed by atoms with Gasteiger partial charge in [0.2, 0.25) is 11.6 Å².